The van der Waals surface area contributed by atoms with E-state index in [2.05, 4.69) is 10.3 Å². The Balaban J connectivity index is 1.51. The first-order valence-corrected chi connectivity index (χ1v) is 12.2. The number of amides is 1. The fourth-order valence-corrected chi connectivity index (χ4v) is 4.60. The van der Waals surface area contributed by atoms with Crippen LogP contribution < -0.4 is 14.8 Å². The molecule has 1 aliphatic heterocycles. The zero-order valence-electron chi connectivity index (χ0n) is 19.4. The van der Waals surface area contributed by atoms with E-state index >= 15 is 0 Å². The molecule has 0 saturated carbocycles. The van der Waals surface area contributed by atoms with Gasteiger partial charge in [0, 0.05) is 28.4 Å². The normalized spacial score (nSPS) is 15.4. The van der Waals surface area contributed by atoms with E-state index in [1.165, 1.54) is 11.8 Å². The number of nitrogens with one attached hydrogen (secondary N) is 1. The second-order valence-corrected chi connectivity index (χ2v) is 9.21. The summed E-state index contributed by atoms with van der Waals surface area (Å²) in [6, 6.07) is 22.6. The van der Waals surface area contributed by atoms with Crippen LogP contribution in [0, 0.1) is 0 Å². The van der Waals surface area contributed by atoms with Gasteiger partial charge < -0.3 is 14.8 Å². The highest BCUT2D eigenvalue weighted by atomic mass is 35.5. The van der Waals surface area contributed by atoms with Gasteiger partial charge in [-0.3, -0.25) is 4.79 Å². The largest absolute Gasteiger partial charge is 0.497 e. The molecule has 3 aromatic carbocycles. The van der Waals surface area contributed by atoms with E-state index in [4.69, 9.17) is 26.2 Å². The van der Waals surface area contributed by atoms with Crippen molar-refractivity contribution in [3.63, 3.8) is 0 Å². The maximum Gasteiger partial charge on any atom is 0.264 e. The number of amidine groups is 1. The van der Waals surface area contributed by atoms with Crippen molar-refractivity contribution in [2.45, 2.75) is 0 Å². The molecule has 0 radical (unpaired) electrons. The molecular weight excluding hydrogens is 496 g/mol. The minimum Gasteiger partial charge on any atom is -0.497 e. The van der Waals surface area contributed by atoms with Crippen LogP contribution in [-0.4, -0.2) is 35.1 Å². The van der Waals surface area contributed by atoms with Gasteiger partial charge in [0.15, 0.2) is 5.17 Å². The molecular formula is C27H21ClN4O3S. The molecule has 1 aliphatic rings. The number of carbonyl (C=O) groups excluding carboxylic acids is 1. The van der Waals surface area contributed by atoms with Gasteiger partial charge in [0.2, 0.25) is 0 Å². The topological polar surface area (TPSA) is 77.7 Å². The number of ether oxygens (including phenoxy) is 2. The Kier molecular flexibility index (Phi) is 6.79. The minimum absolute atomic E-state index is 0.235. The number of benzene rings is 3. The van der Waals surface area contributed by atoms with Crippen LogP contribution in [0.5, 0.6) is 11.5 Å². The van der Waals surface area contributed by atoms with Gasteiger partial charge in [-0.1, -0.05) is 41.9 Å². The van der Waals surface area contributed by atoms with Gasteiger partial charge in [-0.2, -0.15) is 5.10 Å². The van der Waals surface area contributed by atoms with Crippen LogP contribution in [0.4, 0.5) is 5.69 Å². The molecule has 5 rings (SSSR count). The van der Waals surface area contributed by atoms with Gasteiger partial charge >= 0.3 is 0 Å². The lowest BCUT2D eigenvalue weighted by atomic mass is 10.1. The number of para-hydroxylation sites is 1. The molecule has 2 heterocycles. The predicted octanol–water partition coefficient (Wildman–Crippen LogP) is 6.10. The molecule has 1 fully saturated rings. The lowest BCUT2D eigenvalue weighted by Gasteiger charge is -2.07. The first kappa shape index (κ1) is 23.7. The van der Waals surface area contributed by atoms with E-state index in [0.29, 0.717) is 32.3 Å². The van der Waals surface area contributed by atoms with Crippen molar-refractivity contribution in [1.82, 2.24) is 15.1 Å². The van der Waals surface area contributed by atoms with E-state index in [0.717, 1.165) is 22.5 Å². The molecule has 4 aromatic rings. The molecule has 1 aromatic heterocycles. The van der Waals surface area contributed by atoms with E-state index in [1.54, 1.807) is 37.1 Å². The van der Waals surface area contributed by atoms with Crippen LogP contribution >= 0.6 is 23.4 Å². The third kappa shape index (κ3) is 5.00. The summed E-state index contributed by atoms with van der Waals surface area (Å²) in [5, 5.41) is 8.73. The summed E-state index contributed by atoms with van der Waals surface area (Å²) in [7, 11) is 3.15. The maximum atomic E-state index is 12.8. The van der Waals surface area contributed by atoms with E-state index in [9.17, 15) is 4.79 Å². The van der Waals surface area contributed by atoms with Gasteiger partial charge in [0.05, 0.1) is 30.5 Å². The summed E-state index contributed by atoms with van der Waals surface area (Å²) in [6.45, 7) is 0. The second-order valence-electron chi connectivity index (χ2n) is 7.74. The minimum atomic E-state index is -0.235. The number of aromatic nitrogens is 2. The quantitative estimate of drug-likeness (QED) is 0.313. The average molecular weight is 517 g/mol. The monoisotopic (exact) mass is 516 g/mol. The molecule has 36 heavy (non-hydrogen) atoms. The van der Waals surface area contributed by atoms with Gasteiger partial charge in [-0.05, 0) is 54.2 Å². The Hall–Kier alpha value is -4.01. The van der Waals surface area contributed by atoms with Crippen molar-refractivity contribution < 1.29 is 14.3 Å². The summed E-state index contributed by atoms with van der Waals surface area (Å²) in [4.78, 5) is 17.9. The number of carbonyl (C=O) groups is 1. The summed E-state index contributed by atoms with van der Waals surface area (Å²) in [5.41, 5.74) is 3.91. The van der Waals surface area contributed by atoms with Crippen molar-refractivity contribution in [2.24, 2.45) is 4.99 Å². The Bertz CT molecular complexity index is 1480. The Morgan fingerprint density at radius 3 is 2.53 bits per heavy atom. The van der Waals surface area contributed by atoms with Crippen molar-refractivity contribution in [3.8, 4) is 28.4 Å². The summed E-state index contributed by atoms with van der Waals surface area (Å²) in [6.07, 6.45) is 3.73. The molecule has 1 N–H and O–H groups in total. The van der Waals surface area contributed by atoms with Crippen LogP contribution in [-0.2, 0) is 4.79 Å². The fourth-order valence-electron chi connectivity index (χ4n) is 3.65. The predicted molar refractivity (Wildman–Crippen MR) is 144 cm³/mol. The van der Waals surface area contributed by atoms with Crippen LogP contribution in [0.25, 0.3) is 23.0 Å². The molecule has 0 bridgehead atoms. The number of nitrogens with zero attached hydrogens (tertiary/aromatic N) is 3. The number of methoxy groups -OCH3 is 2. The van der Waals surface area contributed by atoms with Crippen LogP contribution in [0.1, 0.15) is 5.56 Å². The van der Waals surface area contributed by atoms with E-state index in [-0.39, 0.29) is 5.91 Å². The zero-order valence-corrected chi connectivity index (χ0v) is 21.0. The summed E-state index contributed by atoms with van der Waals surface area (Å²) in [5.74, 6) is 0.966. The molecule has 0 atom stereocenters. The maximum absolute atomic E-state index is 12.8. The first-order valence-electron chi connectivity index (χ1n) is 11.0. The Labute approximate surface area is 217 Å². The lowest BCUT2D eigenvalue weighted by Crippen LogP contribution is -2.19. The number of halogens is 1. The molecule has 0 unspecified atom stereocenters. The molecule has 1 amide bonds. The van der Waals surface area contributed by atoms with Crippen LogP contribution in [0.3, 0.4) is 0 Å². The molecule has 180 valence electrons. The number of rotatable bonds is 6. The number of aliphatic imine (C=N–C) groups is 1. The van der Waals surface area contributed by atoms with Gasteiger partial charge in [-0.25, -0.2) is 9.67 Å². The fraction of sp³-hybridized carbons (Fsp3) is 0.0741. The van der Waals surface area contributed by atoms with Crippen molar-refractivity contribution >= 4 is 46.2 Å². The number of hydrogen-bond donors (Lipinski definition) is 1. The highest BCUT2D eigenvalue weighted by molar-refractivity contribution is 8.18. The highest BCUT2D eigenvalue weighted by Crippen LogP contribution is 2.35. The smallest absolute Gasteiger partial charge is 0.264 e. The van der Waals surface area contributed by atoms with Crippen molar-refractivity contribution in [2.75, 3.05) is 14.2 Å². The Morgan fingerprint density at radius 1 is 1.03 bits per heavy atom. The third-order valence-electron chi connectivity index (χ3n) is 5.43. The third-order valence-corrected chi connectivity index (χ3v) is 6.59. The second kappa shape index (κ2) is 10.3. The van der Waals surface area contributed by atoms with Gasteiger partial charge in [-0.15, -0.1) is 0 Å². The molecule has 0 spiro atoms. The first-order chi connectivity index (χ1) is 17.5. The van der Waals surface area contributed by atoms with Crippen LogP contribution in [0.2, 0.25) is 5.02 Å². The highest BCUT2D eigenvalue weighted by Gasteiger charge is 2.25. The molecule has 7 nitrogen and oxygen atoms in total. The standard InChI is InChI=1S/C27H21ClN4O3S/c1-34-21-12-13-22(23(15-21)35-2)29-27-30-26(33)24(36-27)14-18-16-32(20-6-4-3-5-7-20)31-25(18)17-8-10-19(28)11-9-17/h3-16H,1-2H3,(H,29,30,33)/b24-14-. The molecule has 1 saturated heterocycles. The zero-order chi connectivity index (χ0) is 25.1. The Morgan fingerprint density at radius 2 is 1.81 bits per heavy atom. The van der Waals surface area contributed by atoms with Crippen molar-refractivity contribution in [1.29, 1.82) is 0 Å². The van der Waals surface area contributed by atoms with Gasteiger partial charge in [0.1, 0.15) is 17.2 Å². The van der Waals surface area contributed by atoms with Gasteiger partial charge in [0.25, 0.3) is 5.91 Å². The molecule has 0 aliphatic carbocycles. The number of hydrogen-bond acceptors (Lipinski definition) is 6. The van der Waals surface area contributed by atoms with E-state index < -0.39 is 0 Å². The lowest BCUT2D eigenvalue weighted by molar-refractivity contribution is -0.115. The van der Waals surface area contributed by atoms with Crippen LogP contribution in [0.15, 0.2) is 88.9 Å². The summed E-state index contributed by atoms with van der Waals surface area (Å²) >= 11 is 7.35. The number of thioether (sulfide) groups is 1. The summed E-state index contributed by atoms with van der Waals surface area (Å²) < 4.78 is 12.5. The SMILES string of the molecule is COc1ccc(N=C2NC(=O)/C(=C/c3cn(-c4ccccc4)nc3-c3ccc(Cl)cc3)S2)c(OC)c1. The van der Waals surface area contributed by atoms with Crippen molar-refractivity contribution in [3.05, 3.63) is 94.5 Å². The van der Waals surface area contributed by atoms with E-state index in [1.807, 2.05) is 66.9 Å². The average Bonchev–Trinajstić information content (AvgIpc) is 3.48. The molecule has 9 heteroatoms.